The largest absolute Gasteiger partial charge is 0.337 e. The monoisotopic (exact) mass is 289 g/mol. The van der Waals surface area contributed by atoms with Crippen molar-refractivity contribution in [2.45, 2.75) is 25.9 Å². The molecule has 0 spiro atoms. The summed E-state index contributed by atoms with van der Waals surface area (Å²) in [6, 6.07) is 9.84. The van der Waals surface area contributed by atoms with Crippen LogP contribution in [0.5, 0.6) is 0 Å². The van der Waals surface area contributed by atoms with E-state index in [1.165, 1.54) is 16.4 Å². The van der Waals surface area contributed by atoms with Crippen molar-refractivity contribution in [3.8, 4) is 11.3 Å². The molecule has 0 radical (unpaired) electrons. The molecule has 2 N–H and O–H groups in total. The lowest BCUT2D eigenvalue weighted by Crippen LogP contribution is -2.22. The van der Waals surface area contributed by atoms with Crippen molar-refractivity contribution in [3.63, 3.8) is 0 Å². The third-order valence-electron chi connectivity index (χ3n) is 2.94. The van der Waals surface area contributed by atoms with Crippen molar-refractivity contribution in [2.75, 3.05) is 11.6 Å². The lowest BCUT2D eigenvalue weighted by Gasteiger charge is -2.15. The van der Waals surface area contributed by atoms with Gasteiger partial charge in [0.25, 0.3) is 0 Å². The van der Waals surface area contributed by atoms with Crippen LogP contribution in [-0.4, -0.2) is 21.2 Å². The van der Waals surface area contributed by atoms with Gasteiger partial charge in [-0.05, 0) is 0 Å². The molecule has 1 aromatic carbocycles. The van der Waals surface area contributed by atoms with E-state index in [1.54, 1.807) is 6.20 Å². The lowest BCUT2D eigenvalue weighted by atomic mass is 9.92. The molecule has 0 aliphatic rings. The van der Waals surface area contributed by atoms with Crippen LogP contribution in [0.15, 0.2) is 41.7 Å². The standard InChI is InChI=1S/C15H19N3OS/c1-15(2,3)13(19)10-20-14-17-12(9-18(14)16)11-7-5-4-6-8-11/h4-9H,10,16H2,1-3H3. The fraction of sp³-hybridized carbons (Fsp3) is 0.333. The molecule has 0 bridgehead atoms. The number of ketones is 1. The van der Waals surface area contributed by atoms with Crippen molar-refractivity contribution in [3.05, 3.63) is 36.5 Å². The van der Waals surface area contributed by atoms with Gasteiger partial charge in [0, 0.05) is 11.0 Å². The predicted molar refractivity (Wildman–Crippen MR) is 83.0 cm³/mol. The van der Waals surface area contributed by atoms with Crippen LogP contribution in [0.3, 0.4) is 0 Å². The normalized spacial score (nSPS) is 11.6. The van der Waals surface area contributed by atoms with Crippen molar-refractivity contribution in [1.82, 2.24) is 9.66 Å². The highest BCUT2D eigenvalue weighted by Crippen LogP contribution is 2.25. The van der Waals surface area contributed by atoms with Crippen LogP contribution >= 0.6 is 11.8 Å². The second-order valence-corrected chi connectivity index (χ2v) is 6.59. The predicted octanol–water partition coefficient (Wildman–Crippen LogP) is 2.97. The zero-order chi connectivity index (χ0) is 14.8. The molecular weight excluding hydrogens is 270 g/mol. The van der Waals surface area contributed by atoms with Gasteiger partial charge in [-0.15, -0.1) is 0 Å². The van der Waals surface area contributed by atoms with Crippen LogP contribution < -0.4 is 5.84 Å². The zero-order valence-electron chi connectivity index (χ0n) is 12.0. The minimum absolute atomic E-state index is 0.187. The van der Waals surface area contributed by atoms with E-state index in [1.807, 2.05) is 51.1 Å². The number of carbonyl (C=O) groups is 1. The number of Topliss-reactive ketones (excluding diaryl/α,β-unsaturated/α-hetero) is 1. The van der Waals surface area contributed by atoms with Gasteiger partial charge in [-0.2, -0.15) is 0 Å². The Hall–Kier alpha value is -1.75. The quantitative estimate of drug-likeness (QED) is 0.694. The van der Waals surface area contributed by atoms with Gasteiger partial charge >= 0.3 is 0 Å². The van der Waals surface area contributed by atoms with Crippen LogP contribution in [-0.2, 0) is 4.79 Å². The van der Waals surface area contributed by atoms with E-state index in [4.69, 9.17) is 5.84 Å². The Balaban J connectivity index is 2.11. The van der Waals surface area contributed by atoms with Gasteiger partial charge < -0.3 is 5.84 Å². The van der Waals surface area contributed by atoms with Crippen LogP contribution in [0.2, 0.25) is 0 Å². The molecule has 0 aliphatic carbocycles. The van der Waals surface area contributed by atoms with E-state index in [0.29, 0.717) is 10.9 Å². The molecule has 5 heteroatoms. The molecule has 20 heavy (non-hydrogen) atoms. The summed E-state index contributed by atoms with van der Waals surface area (Å²) in [4.78, 5) is 16.4. The third kappa shape index (κ3) is 3.42. The van der Waals surface area contributed by atoms with Gasteiger partial charge in [-0.25, -0.2) is 9.66 Å². The van der Waals surface area contributed by atoms with Crippen molar-refractivity contribution in [2.24, 2.45) is 5.41 Å². The van der Waals surface area contributed by atoms with Crippen LogP contribution in [0, 0.1) is 5.41 Å². The summed E-state index contributed by atoms with van der Waals surface area (Å²) in [6.07, 6.45) is 1.78. The van der Waals surface area contributed by atoms with Gasteiger partial charge in [0.2, 0.25) is 0 Å². The Bertz CT molecular complexity index is 599. The third-order valence-corrected chi connectivity index (χ3v) is 3.90. The maximum Gasteiger partial charge on any atom is 0.187 e. The summed E-state index contributed by atoms with van der Waals surface area (Å²) in [5, 5.41) is 0.654. The first kappa shape index (κ1) is 14.7. The van der Waals surface area contributed by atoms with Crippen molar-refractivity contribution in [1.29, 1.82) is 0 Å². The molecular formula is C15H19N3OS. The van der Waals surface area contributed by atoms with Crippen LogP contribution in [0.4, 0.5) is 0 Å². The molecule has 1 aromatic heterocycles. The summed E-state index contributed by atoms with van der Waals surface area (Å²) in [5.74, 6) is 6.46. The molecule has 0 saturated carbocycles. The number of imidazole rings is 1. The lowest BCUT2D eigenvalue weighted by molar-refractivity contribution is -0.123. The first-order valence-corrected chi connectivity index (χ1v) is 7.42. The van der Waals surface area contributed by atoms with E-state index in [0.717, 1.165) is 11.3 Å². The first-order chi connectivity index (χ1) is 9.38. The molecule has 0 atom stereocenters. The molecule has 4 nitrogen and oxygen atoms in total. The highest BCUT2D eigenvalue weighted by molar-refractivity contribution is 7.99. The average molecular weight is 289 g/mol. The molecule has 106 valence electrons. The van der Waals surface area contributed by atoms with Crippen LogP contribution in [0.25, 0.3) is 11.3 Å². The highest BCUT2D eigenvalue weighted by Gasteiger charge is 2.22. The average Bonchev–Trinajstić information content (AvgIpc) is 2.77. The molecule has 1 heterocycles. The maximum atomic E-state index is 11.9. The Kier molecular flexibility index (Phi) is 4.18. The zero-order valence-corrected chi connectivity index (χ0v) is 12.8. The number of carbonyl (C=O) groups excluding carboxylic acids is 1. The Labute approximate surface area is 123 Å². The maximum absolute atomic E-state index is 11.9. The van der Waals surface area contributed by atoms with E-state index in [9.17, 15) is 4.79 Å². The number of rotatable bonds is 4. The van der Waals surface area contributed by atoms with E-state index in [-0.39, 0.29) is 11.2 Å². The minimum atomic E-state index is -0.332. The summed E-state index contributed by atoms with van der Waals surface area (Å²) in [5.41, 5.74) is 1.50. The number of aromatic nitrogens is 2. The fourth-order valence-corrected chi connectivity index (χ4v) is 2.64. The number of hydrogen-bond acceptors (Lipinski definition) is 4. The molecule has 0 aliphatic heterocycles. The minimum Gasteiger partial charge on any atom is -0.337 e. The summed E-state index contributed by atoms with van der Waals surface area (Å²) in [6.45, 7) is 5.75. The van der Waals surface area contributed by atoms with Gasteiger partial charge in [0.05, 0.1) is 17.6 Å². The highest BCUT2D eigenvalue weighted by atomic mass is 32.2. The summed E-state index contributed by atoms with van der Waals surface area (Å²) in [7, 11) is 0. The van der Waals surface area contributed by atoms with Gasteiger partial charge in [-0.3, -0.25) is 4.79 Å². The van der Waals surface area contributed by atoms with Crippen LogP contribution in [0.1, 0.15) is 20.8 Å². The fourth-order valence-electron chi connectivity index (χ4n) is 1.58. The van der Waals surface area contributed by atoms with Crippen molar-refractivity contribution >= 4 is 17.5 Å². The van der Waals surface area contributed by atoms with Crippen molar-refractivity contribution < 1.29 is 4.79 Å². The smallest absolute Gasteiger partial charge is 0.187 e. The number of nitrogens with two attached hydrogens (primary N) is 1. The molecule has 0 saturated heterocycles. The van der Waals surface area contributed by atoms with Gasteiger partial charge in [0.15, 0.2) is 5.16 Å². The van der Waals surface area contributed by atoms with Gasteiger partial charge in [0.1, 0.15) is 5.78 Å². The molecule has 2 aromatic rings. The van der Waals surface area contributed by atoms with E-state index < -0.39 is 0 Å². The molecule has 0 unspecified atom stereocenters. The second kappa shape index (κ2) is 5.71. The molecule has 0 fully saturated rings. The van der Waals surface area contributed by atoms with E-state index >= 15 is 0 Å². The Morgan fingerprint density at radius 2 is 1.95 bits per heavy atom. The number of thioether (sulfide) groups is 1. The topological polar surface area (TPSA) is 60.9 Å². The number of hydrogen-bond donors (Lipinski definition) is 1. The van der Waals surface area contributed by atoms with E-state index in [2.05, 4.69) is 4.98 Å². The SMILES string of the molecule is CC(C)(C)C(=O)CSc1nc(-c2ccccc2)cn1N. The Morgan fingerprint density at radius 1 is 1.30 bits per heavy atom. The number of benzene rings is 1. The number of nitrogen functional groups attached to an aromatic ring is 1. The molecule has 2 rings (SSSR count). The second-order valence-electron chi connectivity index (χ2n) is 5.64. The van der Waals surface area contributed by atoms with Gasteiger partial charge in [-0.1, -0.05) is 62.9 Å². The first-order valence-electron chi connectivity index (χ1n) is 6.44. The summed E-state index contributed by atoms with van der Waals surface area (Å²) < 4.78 is 1.48. The number of nitrogens with zero attached hydrogens (tertiary/aromatic N) is 2. The summed E-state index contributed by atoms with van der Waals surface area (Å²) >= 11 is 1.37. The Morgan fingerprint density at radius 3 is 2.55 bits per heavy atom. The molecule has 0 amide bonds.